The molecule has 1 aromatic rings. The first-order valence-corrected chi connectivity index (χ1v) is 6.21. The first-order valence-electron chi connectivity index (χ1n) is 6.21. The highest BCUT2D eigenvalue weighted by Gasteiger charge is 2.36. The summed E-state index contributed by atoms with van der Waals surface area (Å²) in [4.78, 5) is 12.2. The Kier molecular flexibility index (Phi) is 2.76. The molecule has 1 atom stereocenters. The minimum atomic E-state index is -0.285. The van der Waals surface area contributed by atoms with Crippen LogP contribution >= 0.6 is 0 Å². The number of carbonyl (C=O) groups is 1. The van der Waals surface area contributed by atoms with Crippen molar-refractivity contribution in [2.75, 3.05) is 0 Å². The van der Waals surface area contributed by atoms with Crippen molar-refractivity contribution in [3.8, 4) is 5.75 Å². The van der Waals surface area contributed by atoms with Crippen LogP contribution in [0.5, 0.6) is 5.75 Å². The smallest absolute Gasteiger partial charge is 0.207 e. The van der Waals surface area contributed by atoms with Crippen LogP contribution in [-0.2, 0) is 5.41 Å². The number of hydrogen-bond donors (Lipinski definition) is 0. The van der Waals surface area contributed by atoms with Gasteiger partial charge in [-0.05, 0) is 24.3 Å². The van der Waals surface area contributed by atoms with E-state index >= 15 is 0 Å². The Hall–Kier alpha value is -1.31. The Bertz CT molecular complexity index is 467. The maximum Gasteiger partial charge on any atom is 0.207 e. The van der Waals surface area contributed by atoms with E-state index in [2.05, 4.69) is 26.8 Å². The van der Waals surface area contributed by atoms with Gasteiger partial charge in [-0.1, -0.05) is 39.8 Å². The van der Waals surface area contributed by atoms with E-state index in [9.17, 15) is 4.79 Å². The molecule has 0 N–H and O–H groups in total. The topological polar surface area (TPSA) is 26.3 Å². The normalized spacial score (nSPS) is 19.1. The van der Waals surface area contributed by atoms with Crippen molar-refractivity contribution >= 4 is 5.78 Å². The maximum atomic E-state index is 12.2. The monoisotopic (exact) mass is 232 g/mol. The summed E-state index contributed by atoms with van der Waals surface area (Å²) >= 11 is 0. The molecule has 0 bridgehead atoms. The van der Waals surface area contributed by atoms with Gasteiger partial charge in [0.25, 0.3) is 0 Å². The van der Waals surface area contributed by atoms with Crippen LogP contribution in [0.25, 0.3) is 0 Å². The zero-order valence-electron chi connectivity index (χ0n) is 11.3. The Labute approximate surface area is 103 Å². The van der Waals surface area contributed by atoms with Crippen molar-refractivity contribution in [3.05, 3.63) is 28.8 Å². The summed E-state index contributed by atoms with van der Waals surface area (Å²) in [6.45, 7) is 10.4. The molecule has 1 unspecified atom stereocenters. The third-order valence-electron chi connectivity index (χ3n) is 3.34. The molecule has 2 rings (SSSR count). The van der Waals surface area contributed by atoms with Gasteiger partial charge in [-0.3, -0.25) is 4.79 Å². The number of ketones is 1. The SMILES string of the molecule is CCC1Oc2c(C(C)(C)C)ccc(C)c2C1=O. The third kappa shape index (κ3) is 1.86. The van der Waals surface area contributed by atoms with Crippen molar-refractivity contribution in [2.24, 2.45) is 0 Å². The summed E-state index contributed by atoms with van der Waals surface area (Å²) in [6.07, 6.45) is 0.448. The number of rotatable bonds is 1. The maximum absolute atomic E-state index is 12.2. The Balaban J connectivity index is 2.62. The summed E-state index contributed by atoms with van der Waals surface area (Å²) in [5.41, 5.74) is 2.95. The van der Waals surface area contributed by atoms with Gasteiger partial charge in [0.1, 0.15) is 5.75 Å². The lowest BCUT2D eigenvalue weighted by atomic mass is 9.84. The highest BCUT2D eigenvalue weighted by molar-refractivity contribution is 6.06. The largest absolute Gasteiger partial charge is 0.481 e. The second-order valence-electron chi connectivity index (χ2n) is 5.76. The third-order valence-corrected chi connectivity index (χ3v) is 3.34. The Morgan fingerprint density at radius 2 is 1.94 bits per heavy atom. The average Bonchev–Trinajstić information content (AvgIpc) is 2.55. The van der Waals surface area contributed by atoms with Crippen molar-refractivity contribution in [1.29, 1.82) is 0 Å². The van der Waals surface area contributed by atoms with E-state index < -0.39 is 0 Å². The number of aryl methyl sites for hydroxylation is 1. The number of benzene rings is 1. The fraction of sp³-hybridized carbons (Fsp3) is 0.533. The second-order valence-corrected chi connectivity index (χ2v) is 5.76. The van der Waals surface area contributed by atoms with Crippen LogP contribution in [0.1, 0.15) is 55.6 Å². The van der Waals surface area contributed by atoms with Crippen LogP contribution in [0, 0.1) is 6.92 Å². The minimum absolute atomic E-state index is 0.000689. The second kappa shape index (κ2) is 3.86. The minimum Gasteiger partial charge on any atom is -0.481 e. The first kappa shape index (κ1) is 12.2. The van der Waals surface area contributed by atoms with Crippen molar-refractivity contribution in [1.82, 2.24) is 0 Å². The van der Waals surface area contributed by atoms with Gasteiger partial charge in [0.2, 0.25) is 5.78 Å². The standard InChI is InChI=1S/C15H20O2/c1-6-11-13(16)12-9(2)7-8-10(14(12)17-11)15(3,4)5/h7-8,11H,6H2,1-5H3. The predicted octanol–water partition coefficient (Wildman–Crippen LogP) is 3.65. The van der Waals surface area contributed by atoms with Crippen LogP contribution in [0.15, 0.2) is 12.1 Å². The van der Waals surface area contributed by atoms with E-state index in [1.165, 1.54) is 0 Å². The highest BCUT2D eigenvalue weighted by Crippen LogP contribution is 2.41. The fourth-order valence-electron chi connectivity index (χ4n) is 2.33. The lowest BCUT2D eigenvalue weighted by Gasteiger charge is -2.22. The molecule has 1 aromatic carbocycles. The van der Waals surface area contributed by atoms with E-state index in [0.29, 0.717) is 0 Å². The molecule has 0 aliphatic carbocycles. The van der Waals surface area contributed by atoms with Gasteiger partial charge < -0.3 is 4.74 Å². The zero-order valence-corrected chi connectivity index (χ0v) is 11.3. The van der Waals surface area contributed by atoms with Crippen LogP contribution in [0.4, 0.5) is 0 Å². The molecule has 0 saturated heterocycles. The zero-order chi connectivity index (χ0) is 12.8. The lowest BCUT2D eigenvalue weighted by Crippen LogP contribution is -2.19. The molecule has 0 saturated carbocycles. The molecule has 0 amide bonds. The molecule has 17 heavy (non-hydrogen) atoms. The van der Waals surface area contributed by atoms with Crippen molar-refractivity contribution < 1.29 is 9.53 Å². The Morgan fingerprint density at radius 3 is 2.47 bits per heavy atom. The number of fused-ring (bicyclic) bond motifs is 1. The van der Waals surface area contributed by atoms with E-state index in [-0.39, 0.29) is 17.3 Å². The van der Waals surface area contributed by atoms with E-state index in [0.717, 1.165) is 28.9 Å². The summed E-state index contributed by atoms with van der Waals surface area (Å²) < 4.78 is 5.86. The molecule has 2 heteroatoms. The lowest BCUT2D eigenvalue weighted by molar-refractivity contribution is 0.0851. The molecular weight excluding hydrogens is 212 g/mol. The average molecular weight is 232 g/mol. The van der Waals surface area contributed by atoms with Crippen molar-refractivity contribution in [3.63, 3.8) is 0 Å². The Morgan fingerprint density at radius 1 is 1.29 bits per heavy atom. The molecule has 2 nitrogen and oxygen atoms in total. The van der Waals surface area contributed by atoms with E-state index in [1.54, 1.807) is 0 Å². The van der Waals surface area contributed by atoms with Gasteiger partial charge in [0, 0.05) is 5.56 Å². The van der Waals surface area contributed by atoms with Gasteiger partial charge in [0.05, 0.1) is 5.56 Å². The predicted molar refractivity (Wildman–Crippen MR) is 68.9 cm³/mol. The number of Topliss-reactive ketones (excluding diaryl/α,β-unsaturated/α-hetero) is 1. The number of hydrogen-bond acceptors (Lipinski definition) is 2. The van der Waals surface area contributed by atoms with Crippen molar-refractivity contribution in [2.45, 2.75) is 52.6 Å². The van der Waals surface area contributed by atoms with Gasteiger partial charge in [0.15, 0.2) is 6.10 Å². The quantitative estimate of drug-likeness (QED) is 0.738. The van der Waals surface area contributed by atoms with E-state index in [4.69, 9.17) is 4.74 Å². The molecule has 0 aromatic heterocycles. The summed E-state index contributed by atoms with van der Waals surface area (Å²) in [5.74, 6) is 0.959. The summed E-state index contributed by atoms with van der Waals surface area (Å²) in [5, 5.41) is 0. The number of carbonyl (C=O) groups excluding carboxylic acids is 1. The van der Waals surface area contributed by atoms with Crippen LogP contribution < -0.4 is 4.74 Å². The molecule has 92 valence electrons. The summed E-state index contributed by atoms with van der Waals surface area (Å²) in [7, 11) is 0. The van der Waals surface area contributed by atoms with Gasteiger partial charge >= 0.3 is 0 Å². The van der Waals surface area contributed by atoms with E-state index in [1.807, 2.05) is 19.9 Å². The molecular formula is C15H20O2. The molecule has 1 heterocycles. The van der Waals surface area contributed by atoms with Gasteiger partial charge in [-0.2, -0.15) is 0 Å². The van der Waals surface area contributed by atoms with Gasteiger partial charge in [-0.25, -0.2) is 0 Å². The van der Waals surface area contributed by atoms with Gasteiger partial charge in [-0.15, -0.1) is 0 Å². The number of ether oxygens (including phenoxy) is 1. The first-order chi connectivity index (χ1) is 7.86. The highest BCUT2D eigenvalue weighted by atomic mass is 16.5. The molecule has 1 aliphatic rings. The molecule has 1 aliphatic heterocycles. The van der Waals surface area contributed by atoms with Crippen LogP contribution in [-0.4, -0.2) is 11.9 Å². The summed E-state index contributed by atoms with van der Waals surface area (Å²) in [6, 6.07) is 4.11. The molecule has 0 fully saturated rings. The van der Waals surface area contributed by atoms with Crippen LogP contribution in [0.2, 0.25) is 0 Å². The van der Waals surface area contributed by atoms with Crippen LogP contribution in [0.3, 0.4) is 0 Å². The molecule has 0 spiro atoms. The molecule has 0 radical (unpaired) electrons. The fourth-order valence-corrected chi connectivity index (χ4v) is 2.33.